The molecule has 1 aromatic heterocycles. The zero-order chi connectivity index (χ0) is 12.3. The number of imidazole rings is 1. The number of hydrogen-bond donors (Lipinski definition) is 3. The Labute approximate surface area is 101 Å². The van der Waals surface area contributed by atoms with Gasteiger partial charge < -0.3 is 16.0 Å². The molecule has 2 aromatic rings. The third kappa shape index (κ3) is 2.78. The van der Waals surface area contributed by atoms with E-state index in [1.54, 1.807) is 6.20 Å². The summed E-state index contributed by atoms with van der Waals surface area (Å²) in [5.41, 5.74) is 8.80. The molecule has 0 radical (unpaired) electrons. The van der Waals surface area contributed by atoms with Crippen molar-refractivity contribution < 1.29 is 0 Å². The van der Waals surface area contributed by atoms with E-state index in [1.165, 1.54) is 0 Å². The van der Waals surface area contributed by atoms with E-state index in [-0.39, 0.29) is 6.04 Å². The van der Waals surface area contributed by atoms with Gasteiger partial charge in [-0.3, -0.25) is 0 Å². The van der Waals surface area contributed by atoms with Gasteiger partial charge in [-0.1, -0.05) is 6.92 Å². The molecule has 0 saturated heterocycles. The van der Waals surface area contributed by atoms with Crippen LogP contribution in [0.2, 0.25) is 0 Å². The first-order valence-electron chi connectivity index (χ1n) is 5.82. The minimum absolute atomic E-state index is 0.186. The van der Waals surface area contributed by atoms with E-state index in [0.29, 0.717) is 0 Å². The van der Waals surface area contributed by atoms with Crippen LogP contribution in [-0.4, -0.2) is 9.97 Å². The molecule has 90 valence electrons. The average molecular weight is 230 g/mol. The Morgan fingerprint density at radius 3 is 2.82 bits per heavy atom. The Bertz CT molecular complexity index is 456. The lowest BCUT2D eigenvalue weighted by atomic mass is 10.1. The molecule has 1 heterocycles. The smallest absolute Gasteiger partial charge is 0.128 e. The van der Waals surface area contributed by atoms with Gasteiger partial charge in [-0.2, -0.15) is 0 Å². The van der Waals surface area contributed by atoms with E-state index in [1.807, 2.05) is 25.3 Å². The SMILES string of the molecule is CCC(Nc1cc(C)cc(N)c1)c1ncc[nH]1. The van der Waals surface area contributed by atoms with Crippen LogP contribution in [0.5, 0.6) is 0 Å². The first-order valence-corrected chi connectivity index (χ1v) is 5.82. The molecule has 1 unspecified atom stereocenters. The molecule has 1 atom stereocenters. The molecule has 4 heteroatoms. The van der Waals surface area contributed by atoms with Crippen LogP contribution in [0.4, 0.5) is 11.4 Å². The molecule has 0 aliphatic rings. The molecule has 0 fully saturated rings. The molecular weight excluding hydrogens is 212 g/mol. The zero-order valence-electron chi connectivity index (χ0n) is 10.2. The fraction of sp³-hybridized carbons (Fsp3) is 0.308. The van der Waals surface area contributed by atoms with Gasteiger partial charge in [0.2, 0.25) is 0 Å². The van der Waals surface area contributed by atoms with Gasteiger partial charge in [-0.15, -0.1) is 0 Å². The van der Waals surface area contributed by atoms with Crippen LogP contribution in [0.25, 0.3) is 0 Å². The molecule has 0 aliphatic heterocycles. The van der Waals surface area contributed by atoms with Crippen molar-refractivity contribution in [1.29, 1.82) is 0 Å². The van der Waals surface area contributed by atoms with Crippen LogP contribution in [0.15, 0.2) is 30.6 Å². The highest BCUT2D eigenvalue weighted by molar-refractivity contribution is 5.57. The lowest BCUT2D eigenvalue weighted by molar-refractivity contribution is 0.704. The van der Waals surface area contributed by atoms with Crippen LogP contribution in [0.1, 0.15) is 30.8 Å². The van der Waals surface area contributed by atoms with Crippen LogP contribution in [0.3, 0.4) is 0 Å². The fourth-order valence-electron chi connectivity index (χ4n) is 1.93. The molecule has 17 heavy (non-hydrogen) atoms. The summed E-state index contributed by atoms with van der Waals surface area (Å²) in [7, 11) is 0. The maximum Gasteiger partial charge on any atom is 0.128 e. The standard InChI is InChI=1S/C13H18N4/c1-3-12(13-15-4-5-16-13)17-11-7-9(2)6-10(14)8-11/h4-8,12,17H,3,14H2,1-2H3,(H,15,16). The number of nitrogen functional groups attached to an aromatic ring is 1. The number of aromatic nitrogens is 2. The van der Waals surface area contributed by atoms with E-state index in [4.69, 9.17) is 5.73 Å². The van der Waals surface area contributed by atoms with Crippen molar-refractivity contribution >= 4 is 11.4 Å². The topological polar surface area (TPSA) is 66.7 Å². The van der Waals surface area contributed by atoms with Gasteiger partial charge in [-0.05, 0) is 37.1 Å². The van der Waals surface area contributed by atoms with Gasteiger partial charge in [0, 0.05) is 23.8 Å². The second-order valence-electron chi connectivity index (χ2n) is 4.21. The molecule has 0 aliphatic carbocycles. The molecule has 2 rings (SSSR count). The lowest BCUT2D eigenvalue weighted by Crippen LogP contribution is -2.11. The Morgan fingerprint density at radius 1 is 1.41 bits per heavy atom. The third-order valence-corrected chi connectivity index (χ3v) is 2.70. The summed E-state index contributed by atoms with van der Waals surface area (Å²) in [5.74, 6) is 0.951. The van der Waals surface area contributed by atoms with Crippen molar-refractivity contribution in [2.45, 2.75) is 26.3 Å². The van der Waals surface area contributed by atoms with E-state index < -0.39 is 0 Å². The van der Waals surface area contributed by atoms with E-state index in [0.717, 1.165) is 29.2 Å². The Hall–Kier alpha value is -1.97. The summed E-state index contributed by atoms with van der Waals surface area (Å²) < 4.78 is 0. The zero-order valence-corrected chi connectivity index (χ0v) is 10.2. The van der Waals surface area contributed by atoms with Crippen molar-refractivity contribution in [3.05, 3.63) is 42.0 Å². The predicted molar refractivity (Wildman–Crippen MR) is 70.8 cm³/mol. The fourth-order valence-corrected chi connectivity index (χ4v) is 1.93. The minimum Gasteiger partial charge on any atom is -0.399 e. The van der Waals surface area contributed by atoms with Crippen molar-refractivity contribution in [3.63, 3.8) is 0 Å². The monoisotopic (exact) mass is 230 g/mol. The number of nitrogens with two attached hydrogens (primary N) is 1. The Balaban J connectivity index is 2.18. The number of anilines is 2. The van der Waals surface area contributed by atoms with Gasteiger partial charge in [-0.25, -0.2) is 4.98 Å². The van der Waals surface area contributed by atoms with Crippen molar-refractivity contribution in [1.82, 2.24) is 9.97 Å². The number of H-pyrrole nitrogens is 1. The lowest BCUT2D eigenvalue weighted by Gasteiger charge is -2.17. The molecule has 0 saturated carbocycles. The first-order chi connectivity index (χ1) is 8.19. The summed E-state index contributed by atoms with van der Waals surface area (Å²) in [6.45, 7) is 4.16. The maximum atomic E-state index is 5.83. The predicted octanol–water partition coefficient (Wildman–Crippen LogP) is 2.86. The van der Waals surface area contributed by atoms with Crippen LogP contribution >= 0.6 is 0 Å². The van der Waals surface area contributed by atoms with Crippen molar-refractivity contribution in [2.24, 2.45) is 0 Å². The molecule has 4 nitrogen and oxygen atoms in total. The number of nitrogens with zero attached hydrogens (tertiary/aromatic N) is 1. The number of rotatable bonds is 4. The minimum atomic E-state index is 0.186. The molecule has 1 aromatic carbocycles. The summed E-state index contributed by atoms with van der Waals surface area (Å²) in [6, 6.07) is 6.17. The Kier molecular flexibility index (Phi) is 3.32. The molecular formula is C13H18N4. The van der Waals surface area contributed by atoms with Gasteiger partial charge in [0.15, 0.2) is 0 Å². The molecule has 0 bridgehead atoms. The third-order valence-electron chi connectivity index (χ3n) is 2.70. The average Bonchev–Trinajstić information content (AvgIpc) is 2.77. The number of hydrogen-bond acceptors (Lipinski definition) is 3. The second-order valence-corrected chi connectivity index (χ2v) is 4.21. The van der Waals surface area contributed by atoms with Gasteiger partial charge in [0.05, 0.1) is 6.04 Å². The van der Waals surface area contributed by atoms with Crippen molar-refractivity contribution in [2.75, 3.05) is 11.1 Å². The first kappa shape index (κ1) is 11.5. The van der Waals surface area contributed by atoms with Crippen LogP contribution in [-0.2, 0) is 0 Å². The number of aryl methyl sites for hydroxylation is 1. The molecule has 0 amide bonds. The van der Waals surface area contributed by atoms with Gasteiger partial charge >= 0.3 is 0 Å². The van der Waals surface area contributed by atoms with Crippen LogP contribution in [0, 0.1) is 6.92 Å². The maximum absolute atomic E-state index is 5.83. The number of benzene rings is 1. The van der Waals surface area contributed by atoms with Crippen molar-refractivity contribution in [3.8, 4) is 0 Å². The van der Waals surface area contributed by atoms with E-state index in [9.17, 15) is 0 Å². The van der Waals surface area contributed by atoms with Crippen LogP contribution < -0.4 is 11.1 Å². The van der Waals surface area contributed by atoms with Gasteiger partial charge in [0.25, 0.3) is 0 Å². The highest BCUT2D eigenvalue weighted by Gasteiger charge is 2.11. The highest BCUT2D eigenvalue weighted by atomic mass is 15.0. The summed E-state index contributed by atoms with van der Waals surface area (Å²) in [5, 5.41) is 3.44. The second kappa shape index (κ2) is 4.91. The van der Waals surface area contributed by atoms with Gasteiger partial charge in [0.1, 0.15) is 5.82 Å². The van der Waals surface area contributed by atoms with E-state index in [2.05, 4.69) is 28.3 Å². The summed E-state index contributed by atoms with van der Waals surface area (Å²) in [6.07, 6.45) is 4.57. The number of aromatic amines is 1. The summed E-state index contributed by atoms with van der Waals surface area (Å²) in [4.78, 5) is 7.41. The number of nitrogens with one attached hydrogen (secondary N) is 2. The quantitative estimate of drug-likeness (QED) is 0.707. The molecule has 0 spiro atoms. The Morgan fingerprint density at radius 2 is 2.24 bits per heavy atom. The molecule has 4 N–H and O–H groups in total. The largest absolute Gasteiger partial charge is 0.399 e. The summed E-state index contributed by atoms with van der Waals surface area (Å²) >= 11 is 0. The highest BCUT2D eigenvalue weighted by Crippen LogP contribution is 2.22. The van der Waals surface area contributed by atoms with E-state index >= 15 is 0 Å². The normalized spacial score (nSPS) is 12.4.